The number of pyridine rings is 1. The van der Waals surface area contributed by atoms with Gasteiger partial charge in [0.25, 0.3) is 5.91 Å². The molecular weight excluding hydrogens is 338 g/mol. The van der Waals surface area contributed by atoms with Gasteiger partial charge in [-0.05, 0) is 69.2 Å². The molecule has 0 saturated carbocycles. The summed E-state index contributed by atoms with van der Waals surface area (Å²) in [6.07, 6.45) is 4.28. The Morgan fingerprint density at radius 3 is 2.30 bits per heavy atom. The van der Waals surface area contributed by atoms with Crippen molar-refractivity contribution >= 4 is 17.4 Å². The zero-order valence-electron chi connectivity index (χ0n) is 15.6. The van der Waals surface area contributed by atoms with E-state index in [1.165, 1.54) is 12.8 Å². The second-order valence-electron chi connectivity index (χ2n) is 6.94. The van der Waals surface area contributed by atoms with Crippen LogP contribution in [0.1, 0.15) is 34.6 Å². The summed E-state index contributed by atoms with van der Waals surface area (Å²) in [5.41, 5.74) is 4.67. The van der Waals surface area contributed by atoms with Crippen molar-refractivity contribution < 1.29 is 4.79 Å². The molecule has 0 atom stereocenters. The number of amides is 1. The standard InChI is InChI=1S/C21H23N5O/c1-15-13-16(2)26(24-15)18-7-5-17(6-8-18)21(27)23-20-10-9-19(14-22-20)25-11-3-4-12-25/h5-10,13-14H,3-4,11-12H2,1-2H3,(H,22,23,27). The van der Waals surface area contributed by atoms with Gasteiger partial charge < -0.3 is 10.2 Å². The number of carbonyl (C=O) groups is 1. The van der Waals surface area contributed by atoms with Crippen LogP contribution < -0.4 is 10.2 Å². The second-order valence-corrected chi connectivity index (χ2v) is 6.94. The third kappa shape index (κ3) is 3.69. The molecule has 0 spiro atoms. The van der Waals surface area contributed by atoms with E-state index < -0.39 is 0 Å². The Bertz CT molecular complexity index is 938. The summed E-state index contributed by atoms with van der Waals surface area (Å²) in [5.74, 6) is 0.391. The van der Waals surface area contributed by atoms with Gasteiger partial charge in [0.05, 0.1) is 23.3 Å². The molecule has 0 radical (unpaired) electrons. The Kier molecular flexibility index (Phi) is 4.62. The SMILES string of the molecule is Cc1cc(C)n(-c2ccc(C(=O)Nc3ccc(N4CCCC4)cn3)cc2)n1. The van der Waals surface area contributed by atoms with E-state index in [0.29, 0.717) is 11.4 Å². The number of hydrogen-bond acceptors (Lipinski definition) is 4. The van der Waals surface area contributed by atoms with Crippen molar-refractivity contribution in [2.24, 2.45) is 0 Å². The van der Waals surface area contributed by atoms with E-state index in [1.807, 2.05) is 55.1 Å². The Hall–Kier alpha value is -3.15. The van der Waals surface area contributed by atoms with Crippen molar-refractivity contribution in [3.05, 3.63) is 65.6 Å². The molecule has 1 saturated heterocycles. The summed E-state index contributed by atoms with van der Waals surface area (Å²) in [5, 5.41) is 7.33. The Balaban J connectivity index is 1.44. The normalized spacial score (nSPS) is 13.8. The fraction of sp³-hybridized carbons (Fsp3) is 0.286. The first kappa shape index (κ1) is 17.3. The van der Waals surface area contributed by atoms with E-state index in [-0.39, 0.29) is 5.91 Å². The Morgan fingerprint density at radius 1 is 1.00 bits per heavy atom. The number of nitrogens with one attached hydrogen (secondary N) is 1. The minimum atomic E-state index is -0.170. The van der Waals surface area contributed by atoms with Crippen molar-refractivity contribution in [1.29, 1.82) is 0 Å². The summed E-state index contributed by atoms with van der Waals surface area (Å²) in [7, 11) is 0. The van der Waals surface area contributed by atoms with Gasteiger partial charge in [-0.2, -0.15) is 5.10 Å². The molecule has 3 heterocycles. The molecule has 4 rings (SSSR count). The molecule has 1 aliphatic heterocycles. The highest BCUT2D eigenvalue weighted by Crippen LogP contribution is 2.20. The van der Waals surface area contributed by atoms with Gasteiger partial charge >= 0.3 is 0 Å². The molecule has 1 amide bonds. The van der Waals surface area contributed by atoms with Crippen molar-refractivity contribution in [2.75, 3.05) is 23.3 Å². The summed E-state index contributed by atoms with van der Waals surface area (Å²) < 4.78 is 1.87. The van der Waals surface area contributed by atoms with E-state index in [0.717, 1.165) is 35.9 Å². The molecule has 0 aliphatic carbocycles. The van der Waals surface area contributed by atoms with E-state index in [4.69, 9.17) is 0 Å². The maximum absolute atomic E-state index is 12.5. The minimum Gasteiger partial charge on any atom is -0.370 e. The first-order valence-electron chi connectivity index (χ1n) is 9.26. The molecule has 1 fully saturated rings. The molecule has 27 heavy (non-hydrogen) atoms. The molecule has 1 aromatic carbocycles. The van der Waals surface area contributed by atoms with E-state index in [1.54, 1.807) is 12.1 Å². The molecule has 0 unspecified atom stereocenters. The van der Waals surface area contributed by atoms with Crippen LogP contribution in [0.4, 0.5) is 11.5 Å². The van der Waals surface area contributed by atoms with E-state index >= 15 is 0 Å². The second kappa shape index (κ2) is 7.23. The minimum absolute atomic E-state index is 0.170. The number of aryl methyl sites for hydroxylation is 2. The molecule has 1 aliphatic rings. The molecule has 0 bridgehead atoms. The van der Waals surface area contributed by atoms with Gasteiger partial charge in [-0.3, -0.25) is 4.79 Å². The molecule has 3 aromatic rings. The summed E-state index contributed by atoms with van der Waals surface area (Å²) in [6, 6.07) is 13.3. The first-order chi connectivity index (χ1) is 13.1. The molecule has 1 N–H and O–H groups in total. The van der Waals surface area contributed by atoms with Crippen LogP contribution >= 0.6 is 0 Å². The topological polar surface area (TPSA) is 63.1 Å². The van der Waals surface area contributed by atoms with Gasteiger partial charge in [0.1, 0.15) is 5.82 Å². The quantitative estimate of drug-likeness (QED) is 0.769. The third-order valence-corrected chi connectivity index (χ3v) is 4.84. The number of benzene rings is 1. The van der Waals surface area contributed by atoms with Crippen molar-refractivity contribution in [1.82, 2.24) is 14.8 Å². The van der Waals surface area contributed by atoms with E-state index in [2.05, 4.69) is 20.3 Å². The maximum atomic E-state index is 12.5. The zero-order valence-corrected chi connectivity index (χ0v) is 15.6. The average molecular weight is 361 g/mol. The number of nitrogens with zero attached hydrogens (tertiary/aromatic N) is 4. The van der Waals surface area contributed by atoms with Crippen LogP contribution in [0.25, 0.3) is 5.69 Å². The highest BCUT2D eigenvalue weighted by molar-refractivity contribution is 6.03. The molecule has 138 valence electrons. The summed E-state index contributed by atoms with van der Waals surface area (Å²) in [4.78, 5) is 19.2. The lowest BCUT2D eigenvalue weighted by Crippen LogP contribution is -2.18. The van der Waals surface area contributed by atoms with Crippen molar-refractivity contribution in [2.45, 2.75) is 26.7 Å². The predicted octanol–water partition coefficient (Wildman–Crippen LogP) is 3.74. The average Bonchev–Trinajstić information content (AvgIpc) is 3.32. The van der Waals surface area contributed by atoms with Gasteiger partial charge in [-0.25, -0.2) is 9.67 Å². The van der Waals surface area contributed by atoms with Crippen molar-refractivity contribution in [3.63, 3.8) is 0 Å². The van der Waals surface area contributed by atoms with E-state index in [9.17, 15) is 4.79 Å². The van der Waals surface area contributed by atoms with Crippen LogP contribution in [-0.4, -0.2) is 33.8 Å². The number of aromatic nitrogens is 3. The van der Waals surface area contributed by atoms with Gasteiger partial charge in [-0.15, -0.1) is 0 Å². The lowest BCUT2D eigenvalue weighted by atomic mass is 10.2. The highest BCUT2D eigenvalue weighted by Gasteiger charge is 2.13. The van der Waals surface area contributed by atoms with Gasteiger partial charge in [-0.1, -0.05) is 0 Å². The van der Waals surface area contributed by atoms with Crippen molar-refractivity contribution in [3.8, 4) is 5.69 Å². The van der Waals surface area contributed by atoms with Gasteiger partial charge in [0.2, 0.25) is 0 Å². The first-order valence-corrected chi connectivity index (χ1v) is 9.26. The molecule has 2 aromatic heterocycles. The number of carbonyl (C=O) groups excluding carboxylic acids is 1. The van der Waals surface area contributed by atoms with Crippen LogP contribution in [0.5, 0.6) is 0 Å². The highest BCUT2D eigenvalue weighted by atomic mass is 16.1. The van der Waals surface area contributed by atoms with Crippen LogP contribution in [0.2, 0.25) is 0 Å². The monoisotopic (exact) mass is 361 g/mol. The summed E-state index contributed by atoms with van der Waals surface area (Å²) >= 11 is 0. The predicted molar refractivity (Wildman–Crippen MR) is 107 cm³/mol. The van der Waals surface area contributed by atoms with Crippen LogP contribution in [0, 0.1) is 13.8 Å². The fourth-order valence-electron chi connectivity index (χ4n) is 3.46. The largest absolute Gasteiger partial charge is 0.370 e. The van der Waals surface area contributed by atoms with Gasteiger partial charge in [0, 0.05) is 24.3 Å². The summed E-state index contributed by atoms with van der Waals surface area (Å²) in [6.45, 7) is 6.13. The smallest absolute Gasteiger partial charge is 0.256 e. The number of anilines is 2. The number of rotatable bonds is 4. The lowest BCUT2D eigenvalue weighted by molar-refractivity contribution is 0.102. The number of hydrogen-bond donors (Lipinski definition) is 1. The lowest BCUT2D eigenvalue weighted by Gasteiger charge is -2.17. The zero-order chi connectivity index (χ0) is 18.8. The maximum Gasteiger partial charge on any atom is 0.256 e. The molecule has 6 nitrogen and oxygen atoms in total. The Morgan fingerprint density at radius 2 is 1.70 bits per heavy atom. The Labute approximate surface area is 158 Å². The third-order valence-electron chi connectivity index (χ3n) is 4.84. The van der Waals surface area contributed by atoms with Crippen LogP contribution in [-0.2, 0) is 0 Å². The fourth-order valence-corrected chi connectivity index (χ4v) is 3.46. The van der Waals surface area contributed by atoms with Crippen LogP contribution in [0.3, 0.4) is 0 Å². The molecular formula is C21H23N5O. The van der Waals surface area contributed by atoms with Gasteiger partial charge in [0.15, 0.2) is 0 Å². The molecule has 6 heteroatoms. The van der Waals surface area contributed by atoms with Crippen LogP contribution in [0.15, 0.2) is 48.7 Å².